The summed E-state index contributed by atoms with van der Waals surface area (Å²) < 4.78 is 9.96. The molecule has 0 saturated carbocycles. The first-order valence-corrected chi connectivity index (χ1v) is 6.72. The Balaban J connectivity index is 2.70. The van der Waals surface area contributed by atoms with Crippen molar-refractivity contribution in [2.24, 2.45) is 0 Å². The highest BCUT2D eigenvalue weighted by atomic mass is 79.9. The van der Waals surface area contributed by atoms with Gasteiger partial charge in [-0.3, -0.25) is 0 Å². The third kappa shape index (κ3) is 2.07. The van der Waals surface area contributed by atoms with Crippen LogP contribution in [0.4, 0.5) is 0 Å². The molecule has 0 radical (unpaired) electrons. The van der Waals surface area contributed by atoms with E-state index >= 15 is 0 Å². The van der Waals surface area contributed by atoms with Crippen molar-refractivity contribution in [2.45, 2.75) is 20.8 Å². The number of aromatic nitrogens is 2. The lowest BCUT2D eigenvalue weighted by Crippen LogP contribution is -2.10. The van der Waals surface area contributed by atoms with E-state index in [0.29, 0.717) is 17.9 Å². The van der Waals surface area contributed by atoms with Gasteiger partial charge in [0.15, 0.2) is 0 Å². The van der Waals surface area contributed by atoms with Gasteiger partial charge in [0, 0.05) is 5.39 Å². The van der Waals surface area contributed by atoms with Gasteiger partial charge in [-0.1, -0.05) is 0 Å². The smallest absolute Gasteiger partial charge is 0.340 e. The molecule has 0 saturated heterocycles. The number of pyridine rings is 1. The van der Waals surface area contributed by atoms with E-state index in [4.69, 9.17) is 4.74 Å². The zero-order chi connectivity index (χ0) is 12.6. The molecule has 0 fully saturated rings. The lowest BCUT2D eigenvalue weighted by Gasteiger charge is -2.09. The third-order valence-corrected chi connectivity index (χ3v) is 4.04. The van der Waals surface area contributed by atoms with Crippen LogP contribution in [0.1, 0.15) is 28.5 Å². The fourth-order valence-corrected chi connectivity index (χ4v) is 3.37. The Bertz CT molecular complexity index is 595. The molecule has 0 atom stereocenters. The quantitative estimate of drug-likeness (QED) is 0.798. The number of halogens is 1. The highest BCUT2D eigenvalue weighted by molar-refractivity contribution is 9.10. The molecular formula is C11H11BrN2O2S. The summed E-state index contributed by atoms with van der Waals surface area (Å²) in [6.45, 7) is 5.85. The summed E-state index contributed by atoms with van der Waals surface area (Å²) in [5, 5.41) is 0.892. The minimum absolute atomic E-state index is 0.324. The summed E-state index contributed by atoms with van der Waals surface area (Å²) >= 11 is 4.69. The zero-order valence-corrected chi connectivity index (χ0v) is 12.1. The van der Waals surface area contributed by atoms with Crippen LogP contribution >= 0.6 is 27.5 Å². The third-order valence-electron chi connectivity index (χ3n) is 2.49. The van der Waals surface area contributed by atoms with Gasteiger partial charge >= 0.3 is 5.97 Å². The molecule has 4 nitrogen and oxygen atoms in total. The first kappa shape index (κ1) is 12.4. The van der Waals surface area contributed by atoms with E-state index in [0.717, 1.165) is 20.4 Å². The van der Waals surface area contributed by atoms with Crippen molar-refractivity contribution in [1.29, 1.82) is 0 Å². The van der Waals surface area contributed by atoms with Crippen LogP contribution in [-0.2, 0) is 4.74 Å². The fourth-order valence-electron chi connectivity index (χ4n) is 1.76. The number of rotatable bonds is 2. The van der Waals surface area contributed by atoms with E-state index in [1.54, 1.807) is 6.92 Å². The predicted molar refractivity (Wildman–Crippen MR) is 70.5 cm³/mol. The van der Waals surface area contributed by atoms with E-state index in [1.165, 1.54) is 11.5 Å². The second kappa shape index (κ2) is 4.70. The summed E-state index contributed by atoms with van der Waals surface area (Å²) in [5.74, 6) is -0.324. The number of carbonyl (C=O) groups is 1. The van der Waals surface area contributed by atoms with Crippen LogP contribution in [0.2, 0.25) is 0 Å². The Morgan fingerprint density at radius 1 is 1.47 bits per heavy atom. The normalized spacial score (nSPS) is 10.8. The monoisotopic (exact) mass is 314 g/mol. The lowest BCUT2D eigenvalue weighted by atomic mass is 10.1. The Kier molecular flexibility index (Phi) is 3.44. The van der Waals surface area contributed by atoms with Crippen LogP contribution in [0.25, 0.3) is 10.2 Å². The van der Waals surface area contributed by atoms with Crippen LogP contribution in [0.5, 0.6) is 0 Å². The SMILES string of the molecule is CCOC(=O)c1c(C)nc2snc(Br)c2c1C. The highest BCUT2D eigenvalue weighted by Gasteiger charge is 2.20. The number of hydrogen-bond donors (Lipinski definition) is 0. The van der Waals surface area contributed by atoms with E-state index in [2.05, 4.69) is 25.3 Å². The molecule has 0 bridgehead atoms. The van der Waals surface area contributed by atoms with Gasteiger partial charge in [0.1, 0.15) is 9.43 Å². The maximum Gasteiger partial charge on any atom is 0.340 e. The number of nitrogens with zero attached hydrogens (tertiary/aromatic N) is 2. The molecule has 90 valence electrons. The Morgan fingerprint density at radius 2 is 2.18 bits per heavy atom. The van der Waals surface area contributed by atoms with Gasteiger partial charge in [0.25, 0.3) is 0 Å². The lowest BCUT2D eigenvalue weighted by molar-refractivity contribution is 0.0524. The zero-order valence-electron chi connectivity index (χ0n) is 9.70. The first-order valence-electron chi connectivity index (χ1n) is 5.15. The molecule has 2 rings (SSSR count). The van der Waals surface area contributed by atoms with Gasteiger partial charge in [-0.2, -0.15) is 4.37 Å². The second-order valence-corrected chi connectivity index (χ2v) is 5.07. The predicted octanol–water partition coefficient (Wildman–Crippen LogP) is 3.25. The van der Waals surface area contributed by atoms with Crippen LogP contribution < -0.4 is 0 Å². The minimum atomic E-state index is -0.324. The number of hydrogen-bond acceptors (Lipinski definition) is 5. The van der Waals surface area contributed by atoms with E-state index in [-0.39, 0.29) is 5.97 Å². The van der Waals surface area contributed by atoms with Crippen LogP contribution in [0.15, 0.2) is 4.60 Å². The molecule has 0 spiro atoms. The maximum absolute atomic E-state index is 11.9. The van der Waals surface area contributed by atoms with Crippen LogP contribution in [0, 0.1) is 13.8 Å². The largest absolute Gasteiger partial charge is 0.462 e. The van der Waals surface area contributed by atoms with Crippen molar-refractivity contribution in [3.63, 3.8) is 0 Å². The Hall–Kier alpha value is -1.01. The molecule has 0 unspecified atom stereocenters. The molecule has 0 aliphatic carbocycles. The van der Waals surface area contributed by atoms with Gasteiger partial charge < -0.3 is 4.74 Å². The molecule has 2 aromatic rings. The van der Waals surface area contributed by atoms with Gasteiger partial charge in [0.2, 0.25) is 0 Å². The highest BCUT2D eigenvalue weighted by Crippen LogP contribution is 2.31. The van der Waals surface area contributed by atoms with Gasteiger partial charge in [-0.25, -0.2) is 9.78 Å². The summed E-state index contributed by atoms with van der Waals surface area (Å²) in [4.78, 5) is 17.1. The number of ether oxygens (including phenoxy) is 1. The van der Waals surface area contributed by atoms with Crippen molar-refractivity contribution in [3.8, 4) is 0 Å². The molecule has 2 heterocycles. The van der Waals surface area contributed by atoms with Gasteiger partial charge in [0.05, 0.1) is 17.9 Å². The average molecular weight is 315 g/mol. The average Bonchev–Trinajstić information content (AvgIpc) is 2.60. The van der Waals surface area contributed by atoms with E-state index in [1.807, 2.05) is 13.8 Å². The first-order chi connectivity index (χ1) is 8.06. The summed E-state index contributed by atoms with van der Waals surface area (Å²) in [5.41, 5.74) is 2.09. The van der Waals surface area contributed by atoms with Gasteiger partial charge in [-0.05, 0) is 53.8 Å². The van der Waals surface area contributed by atoms with Gasteiger partial charge in [-0.15, -0.1) is 0 Å². The standard InChI is InChI=1S/C11H11BrN2O2S/c1-4-16-11(15)7-5(2)8-9(12)14-17-10(8)13-6(7)3/h4H2,1-3H3. The Morgan fingerprint density at radius 3 is 2.82 bits per heavy atom. The molecular weight excluding hydrogens is 304 g/mol. The number of aryl methyl sites for hydroxylation is 2. The van der Waals surface area contributed by atoms with Crippen molar-refractivity contribution in [2.75, 3.05) is 6.61 Å². The molecule has 6 heteroatoms. The molecule has 0 N–H and O–H groups in total. The van der Waals surface area contributed by atoms with Crippen molar-refractivity contribution >= 4 is 43.6 Å². The molecule has 0 amide bonds. The van der Waals surface area contributed by atoms with E-state index < -0.39 is 0 Å². The summed E-state index contributed by atoms with van der Waals surface area (Å²) in [7, 11) is 0. The molecule has 0 aromatic carbocycles. The topological polar surface area (TPSA) is 52.1 Å². The van der Waals surface area contributed by atoms with Crippen molar-refractivity contribution < 1.29 is 9.53 Å². The summed E-state index contributed by atoms with van der Waals surface area (Å²) in [6, 6.07) is 0. The summed E-state index contributed by atoms with van der Waals surface area (Å²) in [6.07, 6.45) is 0. The molecule has 17 heavy (non-hydrogen) atoms. The molecule has 0 aliphatic heterocycles. The molecule has 2 aromatic heterocycles. The second-order valence-electron chi connectivity index (χ2n) is 3.57. The number of esters is 1. The van der Waals surface area contributed by atoms with E-state index in [9.17, 15) is 4.79 Å². The fraction of sp³-hybridized carbons (Fsp3) is 0.364. The molecule has 0 aliphatic rings. The van der Waals surface area contributed by atoms with Crippen LogP contribution in [0.3, 0.4) is 0 Å². The number of carbonyl (C=O) groups excluding carboxylic acids is 1. The van der Waals surface area contributed by atoms with Crippen molar-refractivity contribution in [1.82, 2.24) is 9.36 Å². The number of fused-ring (bicyclic) bond motifs is 1. The maximum atomic E-state index is 11.9. The Labute approximate surface area is 111 Å². The van der Waals surface area contributed by atoms with Crippen molar-refractivity contribution in [3.05, 3.63) is 21.4 Å². The van der Waals surface area contributed by atoms with Crippen LogP contribution in [-0.4, -0.2) is 21.9 Å². The minimum Gasteiger partial charge on any atom is -0.462 e.